The van der Waals surface area contributed by atoms with Crippen molar-refractivity contribution in [1.82, 2.24) is 0 Å². The number of nitrogens with one attached hydrogen (secondary N) is 1. The number of ketones is 1. The van der Waals surface area contributed by atoms with Gasteiger partial charge in [0.2, 0.25) is 5.91 Å². The van der Waals surface area contributed by atoms with Crippen LogP contribution in [0.15, 0.2) is 24.3 Å². The van der Waals surface area contributed by atoms with Gasteiger partial charge in [0, 0.05) is 17.1 Å². The van der Waals surface area contributed by atoms with E-state index in [0.29, 0.717) is 17.1 Å². The van der Waals surface area contributed by atoms with Gasteiger partial charge in [-0.15, -0.1) is 0 Å². The van der Waals surface area contributed by atoms with Crippen LogP contribution in [0.5, 0.6) is 0 Å². The average molecular weight is 226 g/mol. The summed E-state index contributed by atoms with van der Waals surface area (Å²) in [6.07, 6.45) is 0.313. The van der Waals surface area contributed by atoms with Crippen LogP contribution in [0.2, 0.25) is 5.02 Å². The van der Waals surface area contributed by atoms with Crippen LogP contribution < -0.4 is 5.32 Å². The van der Waals surface area contributed by atoms with E-state index >= 15 is 0 Å². The second-order valence-electron chi connectivity index (χ2n) is 3.12. The highest BCUT2D eigenvalue weighted by Gasteiger charge is 2.07. The van der Waals surface area contributed by atoms with E-state index in [1.807, 2.05) is 0 Å². The second kappa shape index (κ2) is 5.51. The van der Waals surface area contributed by atoms with Gasteiger partial charge < -0.3 is 5.32 Å². The van der Waals surface area contributed by atoms with Crippen LogP contribution in [0.3, 0.4) is 0 Å². The maximum atomic E-state index is 11.3. The Balaban J connectivity index is 2.51. The normalized spacial score (nSPS) is 9.73. The van der Waals surface area contributed by atoms with Gasteiger partial charge >= 0.3 is 0 Å². The minimum atomic E-state index is -0.288. The zero-order valence-corrected chi connectivity index (χ0v) is 9.17. The fraction of sp³-hybridized carbons (Fsp3) is 0.273. The molecule has 0 radical (unpaired) electrons. The molecule has 1 aromatic rings. The van der Waals surface area contributed by atoms with E-state index in [0.717, 1.165) is 0 Å². The van der Waals surface area contributed by atoms with Crippen LogP contribution in [0, 0.1) is 0 Å². The molecule has 0 heterocycles. The maximum Gasteiger partial charge on any atom is 0.231 e. The smallest absolute Gasteiger partial charge is 0.231 e. The van der Waals surface area contributed by atoms with Gasteiger partial charge in [0.1, 0.15) is 5.78 Å². The van der Waals surface area contributed by atoms with Crippen LogP contribution >= 0.6 is 11.6 Å². The predicted molar refractivity (Wildman–Crippen MR) is 60.0 cm³/mol. The summed E-state index contributed by atoms with van der Waals surface area (Å²) in [4.78, 5) is 22.3. The molecule has 1 rings (SSSR count). The van der Waals surface area contributed by atoms with Gasteiger partial charge in [-0.3, -0.25) is 9.59 Å². The Kier molecular flexibility index (Phi) is 4.31. The van der Waals surface area contributed by atoms with Crippen molar-refractivity contribution in [3.05, 3.63) is 29.3 Å². The molecule has 0 spiro atoms. The summed E-state index contributed by atoms with van der Waals surface area (Å²) in [5.41, 5.74) is 0.647. The Hall–Kier alpha value is -1.35. The lowest BCUT2D eigenvalue weighted by atomic mass is 10.2. The molecule has 1 amide bonds. The molecule has 0 fully saturated rings. The van der Waals surface area contributed by atoms with Crippen molar-refractivity contribution in [3.63, 3.8) is 0 Å². The van der Waals surface area contributed by atoms with Crippen LogP contribution in [0.1, 0.15) is 19.8 Å². The number of carbonyl (C=O) groups excluding carboxylic acids is 2. The van der Waals surface area contributed by atoms with Gasteiger partial charge in [0.15, 0.2) is 0 Å². The molecule has 4 heteroatoms. The number of benzene rings is 1. The number of Topliss-reactive ketones (excluding diaryl/α,β-unsaturated/α-hetero) is 1. The highest BCUT2D eigenvalue weighted by atomic mass is 35.5. The van der Waals surface area contributed by atoms with Gasteiger partial charge in [-0.2, -0.15) is 0 Å². The van der Waals surface area contributed by atoms with E-state index in [-0.39, 0.29) is 18.1 Å². The Morgan fingerprint density at radius 2 is 1.87 bits per heavy atom. The Morgan fingerprint density at radius 1 is 1.27 bits per heavy atom. The summed E-state index contributed by atoms with van der Waals surface area (Å²) in [6, 6.07) is 6.74. The number of hydrogen-bond acceptors (Lipinski definition) is 2. The highest BCUT2D eigenvalue weighted by Crippen LogP contribution is 2.13. The van der Waals surface area contributed by atoms with Gasteiger partial charge in [0.05, 0.1) is 6.42 Å². The minimum absolute atomic E-state index is 0.0681. The summed E-state index contributed by atoms with van der Waals surface area (Å²) >= 11 is 5.69. The third-order valence-electron chi connectivity index (χ3n) is 1.88. The number of amides is 1. The molecule has 0 aliphatic rings. The molecule has 0 saturated heterocycles. The summed E-state index contributed by atoms with van der Waals surface area (Å²) in [5, 5.41) is 3.22. The lowest BCUT2D eigenvalue weighted by molar-refractivity contribution is -0.125. The number of rotatable bonds is 4. The largest absolute Gasteiger partial charge is 0.326 e. The molecular weight excluding hydrogens is 214 g/mol. The number of hydrogen-bond donors (Lipinski definition) is 1. The third-order valence-corrected chi connectivity index (χ3v) is 2.13. The van der Waals surface area contributed by atoms with Crippen LogP contribution in [-0.2, 0) is 9.59 Å². The molecule has 0 aromatic heterocycles. The van der Waals surface area contributed by atoms with Crippen LogP contribution in [-0.4, -0.2) is 11.7 Å². The van der Waals surface area contributed by atoms with E-state index in [1.54, 1.807) is 31.2 Å². The van der Waals surface area contributed by atoms with Crippen molar-refractivity contribution < 1.29 is 9.59 Å². The van der Waals surface area contributed by atoms with E-state index in [9.17, 15) is 9.59 Å². The second-order valence-corrected chi connectivity index (χ2v) is 3.56. The Bertz CT molecular complexity index is 359. The van der Waals surface area contributed by atoms with Crippen molar-refractivity contribution in [3.8, 4) is 0 Å². The van der Waals surface area contributed by atoms with E-state index < -0.39 is 0 Å². The first-order valence-electron chi connectivity index (χ1n) is 4.69. The molecule has 0 aliphatic heterocycles. The first kappa shape index (κ1) is 11.7. The Labute approximate surface area is 93.4 Å². The fourth-order valence-corrected chi connectivity index (χ4v) is 1.17. The van der Waals surface area contributed by atoms with Crippen LogP contribution in [0.25, 0.3) is 0 Å². The lowest BCUT2D eigenvalue weighted by Gasteiger charge is -2.03. The number of halogens is 1. The Morgan fingerprint density at radius 3 is 2.40 bits per heavy atom. The zero-order valence-electron chi connectivity index (χ0n) is 8.42. The van der Waals surface area contributed by atoms with E-state index in [1.165, 1.54) is 0 Å². The maximum absolute atomic E-state index is 11.3. The van der Waals surface area contributed by atoms with Crippen molar-refractivity contribution in [2.24, 2.45) is 0 Å². The van der Waals surface area contributed by atoms with E-state index in [2.05, 4.69) is 5.32 Å². The minimum Gasteiger partial charge on any atom is -0.326 e. The first-order chi connectivity index (χ1) is 7.11. The third kappa shape index (κ3) is 4.13. The highest BCUT2D eigenvalue weighted by molar-refractivity contribution is 6.30. The summed E-state index contributed by atoms with van der Waals surface area (Å²) in [5.74, 6) is -0.356. The summed E-state index contributed by atoms with van der Waals surface area (Å²) < 4.78 is 0. The molecule has 15 heavy (non-hydrogen) atoms. The van der Waals surface area contributed by atoms with Crippen LogP contribution in [0.4, 0.5) is 5.69 Å². The predicted octanol–water partition coefficient (Wildman–Crippen LogP) is 2.65. The molecule has 3 nitrogen and oxygen atoms in total. The van der Waals surface area contributed by atoms with Crippen molar-refractivity contribution in [2.45, 2.75) is 19.8 Å². The SMILES string of the molecule is CCC(=O)CC(=O)Nc1ccc(Cl)cc1. The van der Waals surface area contributed by atoms with Crippen molar-refractivity contribution in [2.75, 3.05) is 5.32 Å². The molecule has 1 aromatic carbocycles. The van der Waals surface area contributed by atoms with Gasteiger partial charge in [0.25, 0.3) is 0 Å². The molecule has 1 N–H and O–H groups in total. The van der Waals surface area contributed by atoms with Gasteiger partial charge in [-0.05, 0) is 24.3 Å². The first-order valence-corrected chi connectivity index (χ1v) is 5.06. The van der Waals surface area contributed by atoms with Gasteiger partial charge in [-0.25, -0.2) is 0 Å². The molecule has 0 saturated carbocycles. The number of anilines is 1. The zero-order chi connectivity index (χ0) is 11.3. The topological polar surface area (TPSA) is 46.2 Å². The fourth-order valence-electron chi connectivity index (χ4n) is 1.04. The lowest BCUT2D eigenvalue weighted by Crippen LogP contribution is -2.15. The molecular formula is C11H12ClNO2. The van der Waals surface area contributed by atoms with Crippen molar-refractivity contribution >= 4 is 29.0 Å². The van der Waals surface area contributed by atoms with Gasteiger partial charge in [-0.1, -0.05) is 18.5 Å². The standard InChI is InChI=1S/C11H12ClNO2/c1-2-10(14)7-11(15)13-9-5-3-8(12)4-6-9/h3-6H,2,7H2,1H3,(H,13,15). The van der Waals surface area contributed by atoms with Crippen molar-refractivity contribution in [1.29, 1.82) is 0 Å². The quantitative estimate of drug-likeness (QED) is 0.801. The summed E-state index contributed by atoms with van der Waals surface area (Å²) in [7, 11) is 0. The molecule has 0 bridgehead atoms. The monoisotopic (exact) mass is 225 g/mol. The molecule has 0 aliphatic carbocycles. The van der Waals surface area contributed by atoms with E-state index in [4.69, 9.17) is 11.6 Å². The number of carbonyl (C=O) groups is 2. The average Bonchev–Trinajstić information content (AvgIpc) is 2.21. The molecule has 80 valence electrons. The molecule has 0 atom stereocenters. The molecule has 0 unspecified atom stereocenters. The summed E-state index contributed by atoms with van der Waals surface area (Å²) in [6.45, 7) is 1.73.